The second-order valence-electron chi connectivity index (χ2n) is 9.71. The second-order valence-corrected chi connectivity index (χ2v) is 10.1. The molecule has 0 amide bonds. The fourth-order valence-corrected chi connectivity index (χ4v) is 4.49. The Balaban J connectivity index is 1.52. The summed E-state index contributed by atoms with van der Waals surface area (Å²) in [6.07, 6.45) is 0.665. The van der Waals surface area contributed by atoms with E-state index in [9.17, 15) is 14.3 Å². The zero-order valence-corrected chi connectivity index (χ0v) is 20.7. The van der Waals surface area contributed by atoms with E-state index in [4.69, 9.17) is 21.4 Å². The van der Waals surface area contributed by atoms with E-state index in [0.29, 0.717) is 24.1 Å². The van der Waals surface area contributed by atoms with E-state index in [1.807, 2.05) is 12.1 Å². The summed E-state index contributed by atoms with van der Waals surface area (Å²) in [6.45, 7) is 8.08. The van der Waals surface area contributed by atoms with Gasteiger partial charge in [0, 0.05) is 48.4 Å². The largest absolute Gasteiger partial charge is 0.490 e. The third-order valence-electron chi connectivity index (χ3n) is 6.38. The van der Waals surface area contributed by atoms with Gasteiger partial charge in [0.05, 0.1) is 6.42 Å². The lowest BCUT2D eigenvalue weighted by Gasteiger charge is -2.43. The topological polar surface area (TPSA) is 82.0 Å². The minimum Gasteiger partial charge on any atom is -0.490 e. The lowest BCUT2D eigenvalue weighted by atomic mass is 9.88. The highest BCUT2D eigenvalue weighted by molar-refractivity contribution is 6.30. The summed E-state index contributed by atoms with van der Waals surface area (Å²) in [5.41, 5.74) is 0.388. The van der Waals surface area contributed by atoms with Crippen LogP contribution in [0.15, 0.2) is 42.5 Å². The number of ether oxygens (including phenoxy) is 1. The summed E-state index contributed by atoms with van der Waals surface area (Å²) < 4.78 is 19.3. The average Bonchev–Trinajstić information content (AvgIpc) is 2.76. The van der Waals surface area contributed by atoms with Gasteiger partial charge in [-0.2, -0.15) is 0 Å². The number of aliphatic hydroxyl groups is 1. The molecule has 8 heteroatoms. The van der Waals surface area contributed by atoms with E-state index in [2.05, 4.69) is 36.2 Å². The maximum atomic E-state index is 13.6. The Labute approximate surface area is 205 Å². The van der Waals surface area contributed by atoms with Crippen LogP contribution in [-0.4, -0.2) is 58.5 Å². The van der Waals surface area contributed by atoms with Gasteiger partial charge in [-0.15, -0.1) is 0 Å². The van der Waals surface area contributed by atoms with Gasteiger partial charge in [-0.25, -0.2) is 4.39 Å². The van der Waals surface area contributed by atoms with Gasteiger partial charge in [-0.1, -0.05) is 36.7 Å². The number of nitrogens with zero attached hydrogens (tertiary/aromatic N) is 1. The Kier molecular flexibility index (Phi) is 8.93. The molecule has 2 aromatic rings. The zero-order valence-electron chi connectivity index (χ0n) is 19.9. The predicted molar refractivity (Wildman–Crippen MR) is 131 cm³/mol. The third-order valence-corrected chi connectivity index (χ3v) is 6.63. The Morgan fingerprint density at radius 1 is 1.26 bits per heavy atom. The highest BCUT2D eigenvalue weighted by Crippen LogP contribution is 2.26. The van der Waals surface area contributed by atoms with Gasteiger partial charge in [-0.05, 0) is 49.9 Å². The molecular formula is C26H34ClFN2O4. The first-order valence-electron chi connectivity index (χ1n) is 11.6. The molecule has 4 atom stereocenters. The average molecular weight is 493 g/mol. The number of piperidine rings is 1. The highest BCUT2D eigenvalue weighted by atomic mass is 35.5. The predicted octanol–water partition coefficient (Wildman–Crippen LogP) is 4.12. The first-order chi connectivity index (χ1) is 16.0. The zero-order chi connectivity index (χ0) is 24.9. The quantitative estimate of drug-likeness (QED) is 0.463. The highest BCUT2D eigenvalue weighted by Gasteiger charge is 2.32. The SMILES string of the molecule is CC1CN(Cc2ccc(Cl)cc2)C(C)CC1NCC(C)(O)COc1cc(F)ccc1CC(=O)O. The van der Waals surface area contributed by atoms with Gasteiger partial charge in [0.15, 0.2) is 0 Å². The molecule has 3 rings (SSSR count). The maximum Gasteiger partial charge on any atom is 0.307 e. The Morgan fingerprint density at radius 2 is 1.97 bits per heavy atom. The standard InChI is InChI=1S/C26H34ClFN2O4/c1-17-13-30(14-19-4-7-21(27)8-5-19)18(2)10-23(17)29-15-26(3,33)16-34-24-12-22(28)9-6-20(24)11-25(31)32/h4-9,12,17-18,23,29,33H,10-11,13-16H2,1-3H3,(H,31,32). The third kappa shape index (κ3) is 7.67. The molecule has 0 saturated carbocycles. The van der Waals surface area contributed by atoms with Crippen LogP contribution in [0, 0.1) is 11.7 Å². The van der Waals surface area contributed by atoms with Crippen molar-refractivity contribution in [2.75, 3.05) is 19.7 Å². The monoisotopic (exact) mass is 492 g/mol. The molecule has 0 spiro atoms. The van der Waals surface area contributed by atoms with E-state index in [-0.39, 0.29) is 24.8 Å². The maximum absolute atomic E-state index is 13.6. The fourth-order valence-electron chi connectivity index (χ4n) is 4.36. The van der Waals surface area contributed by atoms with Crippen molar-refractivity contribution in [3.8, 4) is 5.75 Å². The first-order valence-corrected chi connectivity index (χ1v) is 12.0. The van der Waals surface area contributed by atoms with E-state index in [0.717, 1.165) is 30.6 Å². The lowest BCUT2D eigenvalue weighted by Crippen LogP contribution is -2.55. The molecule has 1 heterocycles. The van der Waals surface area contributed by atoms with Crippen molar-refractivity contribution in [3.63, 3.8) is 0 Å². The van der Waals surface area contributed by atoms with E-state index in [1.54, 1.807) is 6.92 Å². The smallest absolute Gasteiger partial charge is 0.307 e. The van der Waals surface area contributed by atoms with Crippen molar-refractivity contribution in [3.05, 3.63) is 64.4 Å². The minimum atomic E-state index is -1.21. The molecule has 2 aromatic carbocycles. The number of halogens is 2. The molecular weight excluding hydrogens is 459 g/mol. The van der Waals surface area contributed by atoms with Crippen molar-refractivity contribution in [1.82, 2.24) is 10.2 Å². The Morgan fingerprint density at radius 3 is 2.65 bits per heavy atom. The summed E-state index contributed by atoms with van der Waals surface area (Å²) >= 11 is 6.00. The second kappa shape index (κ2) is 11.5. The molecule has 0 aliphatic carbocycles. The Hall–Kier alpha value is -2.19. The van der Waals surface area contributed by atoms with Crippen molar-refractivity contribution < 1.29 is 24.1 Å². The van der Waals surface area contributed by atoms with E-state index < -0.39 is 17.4 Å². The normalized spacial score (nSPS) is 22.8. The number of hydrogen-bond acceptors (Lipinski definition) is 5. The van der Waals surface area contributed by atoms with Gasteiger partial charge < -0.3 is 20.3 Å². The number of carbonyl (C=O) groups is 1. The fraction of sp³-hybridized carbons (Fsp3) is 0.500. The van der Waals surface area contributed by atoms with Crippen LogP contribution in [0.2, 0.25) is 5.02 Å². The summed E-state index contributed by atoms with van der Waals surface area (Å²) in [7, 11) is 0. The van der Waals surface area contributed by atoms with Crippen molar-refractivity contribution in [1.29, 1.82) is 0 Å². The number of rotatable bonds is 10. The van der Waals surface area contributed by atoms with Gasteiger partial charge >= 0.3 is 5.97 Å². The number of carboxylic acid groups (broad SMARTS) is 1. The molecule has 3 N–H and O–H groups in total. The van der Waals surface area contributed by atoms with Gasteiger partial charge in [0.2, 0.25) is 0 Å². The molecule has 0 aromatic heterocycles. The van der Waals surface area contributed by atoms with Crippen LogP contribution in [0.3, 0.4) is 0 Å². The van der Waals surface area contributed by atoms with Crippen LogP contribution in [0.4, 0.5) is 4.39 Å². The van der Waals surface area contributed by atoms with E-state index >= 15 is 0 Å². The number of hydrogen-bond donors (Lipinski definition) is 3. The molecule has 186 valence electrons. The van der Waals surface area contributed by atoms with Gasteiger partial charge in [0.25, 0.3) is 0 Å². The number of nitrogens with one attached hydrogen (secondary N) is 1. The molecule has 1 fully saturated rings. The minimum absolute atomic E-state index is 0.0879. The molecule has 4 unspecified atom stereocenters. The summed E-state index contributed by atoms with van der Waals surface area (Å²) in [5.74, 6) is -1.03. The number of likely N-dealkylation sites (tertiary alicyclic amines) is 1. The Bertz CT molecular complexity index is 970. The van der Waals surface area contributed by atoms with Crippen LogP contribution in [0.5, 0.6) is 5.75 Å². The summed E-state index contributed by atoms with van der Waals surface area (Å²) in [6, 6.07) is 12.3. The molecule has 1 saturated heterocycles. The van der Waals surface area contributed by atoms with Crippen LogP contribution in [-0.2, 0) is 17.8 Å². The van der Waals surface area contributed by atoms with Crippen LogP contribution in [0.25, 0.3) is 0 Å². The number of aliphatic carboxylic acids is 1. The van der Waals surface area contributed by atoms with Crippen molar-refractivity contribution in [2.24, 2.45) is 5.92 Å². The van der Waals surface area contributed by atoms with Crippen molar-refractivity contribution in [2.45, 2.75) is 57.8 Å². The summed E-state index contributed by atoms with van der Waals surface area (Å²) in [5, 5.41) is 24.1. The molecule has 1 aliphatic rings. The molecule has 34 heavy (non-hydrogen) atoms. The van der Waals surface area contributed by atoms with Crippen LogP contribution in [0.1, 0.15) is 38.3 Å². The van der Waals surface area contributed by atoms with Gasteiger partial charge in [0.1, 0.15) is 23.8 Å². The van der Waals surface area contributed by atoms with Crippen molar-refractivity contribution >= 4 is 17.6 Å². The van der Waals surface area contributed by atoms with Crippen LogP contribution >= 0.6 is 11.6 Å². The summed E-state index contributed by atoms with van der Waals surface area (Å²) in [4.78, 5) is 13.5. The van der Waals surface area contributed by atoms with Crippen LogP contribution < -0.4 is 10.1 Å². The molecule has 0 radical (unpaired) electrons. The molecule has 6 nitrogen and oxygen atoms in total. The number of carboxylic acids is 1. The first kappa shape index (κ1) is 26.4. The number of benzene rings is 2. The van der Waals surface area contributed by atoms with Gasteiger partial charge in [-0.3, -0.25) is 9.69 Å². The molecule has 0 bridgehead atoms. The molecule has 1 aliphatic heterocycles. The van der Waals surface area contributed by atoms with E-state index in [1.165, 1.54) is 17.7 Å². The lowest BCUT2D eigenvalue weighted by molar-refractivity contribution is -0.136.